The normalized spacial score (nSPS) is 28.2. The lowest BCUT2D eigenvalue weighted by Gasteiger charge is -2.37. The van der Waals surface area contributed by atoms with E-state index in [1.807, 2.05) is 0 Å². The lowest BCUT2D eigenvalue weighted by Crippen LogP contribution is -2.33. The van der Waals surface area contributed by atoms with E-state index in [0.29, 0.717) is 6.10 Å². The quantitative estimate of drug-likeness (QED) is 0.791. The number of likely N-dealkylation sites (tertiary alicyclic amines) is 1. The van der Waals surface area contributed by atoms with Crippen LogP contribution in [0, 0.1) is 0 Å². The van der Waals surface area contributed by atoms with Gasteiger partial charge in [0, 0.05) is 24.7 Å². The molecule has 4 rings (SSSR count). The molecular formula is C24H35NO3. The summed E-state index contributed by atoms with van der Waals surface area (Å²) in [5.41, 5.74) is 2.57. The van der Waals surface area contributed by atoms with Gasteiger partial charge in [-0.2, -0.15) is 0 Å². The van der Waals surface area contributed by atoms with Crippen LogP contribution < -0.4 is 9.47 Å². The van der Waals surface area contributed by atoms with Crippen molar-refractivity contribution in [2.75, 3.05) is 13.6 Å². The average Bonchev–Trinajstić information content (AvgIpc) is 3.01. The molecule has 3 aliphatic rings. The maximum atomic E-state index is 10.2. The molecular weight excluding hydrogens is 350 g/mol. The number of aliphatic hydroxyl groups is 1. The summed E-state index contributed by atoms with van der Waals surface area (Å²) in [4.78, 5) is 2.31. The molecule has 1 N–H and O–H groups in total. The Bertz CT molecular complexity index is 723. The Balaban J connectivity index is 1.69. The number of likely N-dealkylation sites (N-methyl/N-ethyl adjacent to an activating group) is 1. The first-order valence-corrected chi connectivity index (χ1v) is 11.1. The van der Waals surface area contributed by atoms with Crippen molar-refractivity contribution in [2.24, 2.45) is 0 Å². The minimum Gasteiger partial charge on any atom is -0.487 e. The Morgan fingerprint density at radius 2 is 1.86 bits per heavy atom. The predicted molar refractivity (Wildman–Crippen MR) is 112 cm³/mol. The van der Waals surface area contributed by atoms with Crippen LogP contribution in [0.5, 0.6) is 11.5 Å². The molecule has 4 nitrogen and oxygen atoms in total. The highest BCUT2D eigenvalue weighted by atomic mass is 16.5. The summed E-state index contributed by atoms with van der Waals surface area (Å²) in [6.07, 6.45) is 11.2. The first kappa shape index (κ1) is 19.6. The second-order valence-corrected chi connectivity index (χ2v) is 9.12. The Hall–Kier alpha value is -1.68. The summed E-state index contributed by atoms with van der Waals surface area (Å²) in [6.45, 7) is 5.15. The third kappa shape index (κ3) is 3.76. The van der Waals surface area contributed by atoms with Crippen molar-refractivity contribution in [1.82, 2.24) is 4.90 Å². The van der Waals surface area contributed by atoms with Crippen molar-refractivity contribution in [3.63, 3.8) is 0 Å². The zero-order valence-electron chi connectivity index (χ0n) is 17.6. The number of allylic oxidation sites excluding steroid dienone is 1. The molecule has 0 bridgehead atoms. The smallest absolute Gasteiger partial charge is 0.161 e. The van der Waals surface area contributed by atoms with E-state index in [9.17, 15) is 5.11 Å². The molecule has 28 heavy (non-hydrogen) atoms. The summed E-state index contributed by atoms with van der Waals surface area (Å²) in [6, 6.07) is 6.55. The van der Waals surface area contributed by atoms with Crippen molar-refractivity contribution in [2.45, 2.75) is 88.9 Å². The third-order valence-electron chi connectivity index (χ3n) is 6.70. The number of rotatable bonds is 5. The minimum absolute atomic E-state index is 0.00494. The lowest BCUT2D eigenvalue weighted by molar-refractivity contribution is 0.141. The van der Waals surface area contributed by atoms with Gasteiger partial charge in [-0.05, 0) is 82.6 Å². The van der Waals surface area contributed by atoms with Gasteiger partial charge in [-0.3, -0.25) is 0 Å². The molecule has 4 heteroatoms. The second-order valence-electron chi connectivity index (χ2n) is 9.12. The van der Waals surface area contributed by atoms with Crippen LogP contribution in [0.3, 0.4) is 0 Å². The van der Waals surface area contributed by atoms with E-state index >= 15 is 0 Å². The van der Waals surface area contributed by atoms with E-state index in [0.717, 1.165) is 50.1 Å². The molecule has 1 saturated heterocycles. The average molecular weight is 386 g/mol. The van der Waals surface area contributed by atoms with Crippen LogP contribution in [0.1, 0.15) is 70.8 Å². The van der Waals surface area contributed by atoms with Gasteiger partial charge in [-0.1, -0.05) is 12.5 Å². The molecule has 0 aromatic heterocycles. The molecule has 0 radical (unpaired) electrons. The predicted octanol–water partition coefficient (Wildman–Crippen LogP) is 4.80. The van der Waals surface area contributed by atoms with Gasteiger partial charge in [0.1, 0.15) is 0 Å². The number of ether oxygens (including phenoxy) is 2. The van der Waals surface area contributed by atoms with E-state index < -0.39 is 0 Å². The van der Waals surface area contributed by atoms with Crippen LogP contribution in [0.2, 0.25) is 0 Å². The molecule has 154 valence electrons. The number of benzene rings is 1. The van der Waals surface area contributed by atoms with Crippen LogP contribution in [-0.2, 0) is 5.41 Å². The number of aliphatic hydroxyl groups excluding tert-OH is 1. The maximum Gasteiger partial charge on any atom is 0.161 e. The molecule has 1 aliphatic heterocycles. The van der Waals surface area contributed by atoms with Crippen LogP contribution in [0.25, 0.3) is 0 Å². The standard InChI is InChI=1S/C24H35NO3/c1-17(2)27-21-10-9-18(15-22(21)28-20-7-5-4-6-8-20)24-12-11-19(26)16-23(24)25(3)14-13-24/h9-10,15-17,19-20,26H,4-8,11-14H2,1-3H3/t19-,24+/m1/s1. The molecule has 0 unspecified atom stereocenters. The van der Waals surface area contributed by atoms with Gasteiger partial charge in [-0.15, -0.1) is 0 Å². The monoisotopic (exact) mass is 385 g/mol. The van der Waals surface area contributed by atoms with Crippen molar-refractivity contribution in [3.8, 4) is 11.5 Å². The maximum absolute atomic E-state index is 10.2. The largest absolute Gasteiger partial charge is 0.487 e. The molecule has 0 spiro atoms. The Kier molecular flexibility index (Phi) is 5.59. The van der Waals surface area contributed by atoms with Gasteiger partial charge in [0.2, 0.25) is 0 Å². The summed E-state index contributed by atoms with van der Waals surface area (Å²) in [5, 5.41) is 10.2. The van der Waals surface area contributed by atoms with Gasteiger partial charge in [0.25, 0.3) is 0 Å². The van der Waals surface area contributed by atoms with E-state index in [1.165, 1.54) is 30.5 Å². The van der Waals surface area contributed by atoms with E-state index in [4.69, 9.17) is 9.47 Å². The fourth-order valence-electron chi connectivity index (χ4n) is 5.22. The van der Waals surface area contributed by atoms with E-state index in [2.05, 4.69) is 50.1 Å². The fraction of sp³-hybridized carbons (Fsp3) is 0.667. The van der Waals surface area contributed by atoms with Gasteiger partial charge >= 0.3 is 0 Å². The Labute approximate surface area is 169 Å². The molecule has 0 amide bonds. The van der Waals surface area contributed by atoms with E-state index in [1.54, 1.807) is 0 Å². The number of fused-ring (bicyclic) bond motifs is 1. The number of nitrogens with zero attached hydrogens (tertiary/aromatic N) is 1. The molecule has 1 heterocycles. The number of hydrogen-bond donors (Lipinski definition) is 1. The molecule has 1 aromatic carbocycles. The SMILES string of the molecule is CC(C)Oc1ccc([C@@]23CC[C@@H](O)C=C2N(C)CC3)cc1OC1CCCCC1. The van der Waals surface area contributed by atoms with Gasteiger partial charge in [0.05, 0.1) is 18.3 Å². The Morgan fingerprint density at radius 3 is 2.61 bits per heavy atom. The minimum atomic E-state index is -0.329. The molecule has 2 aliphatic carbocycles. The molecule has 1 saturated carbocycles. The van der Waals surface area contributed by atoms with Crippen molar-refractivity contribution >= 4 is 0 Å². The van der Waals surface area contributed by atoms with Gasteiger partial charge in [0.15, 0.2) is 11.5 Å². The topological polar surface area (TPSA) is 41.9 Å². The molecule has 1 aromatic rings. The highest BCUT2D eigenvalue weighted by Crippen LogP contribution is 2.50. The van der Waals surface area contributed by atoms with Crippen LogP contribution in [-0.4, -0.2) is 41.9 Å². The second kappa shape index (κ2) is 7.98. The molecule has 2 atom stereocenters. The van der Waals surface area contributed by atoms with Crippen LogP contribution in [0.4, 0.5) is 0 Å². The summed E-state index contributed by atoms with van der Waals surface area (Å²) in [7, 11) is 2.14. The number of hydrogen-bond acceptors (Lipinski definition) is 4. The zero-order chi connectivity index (χ0) is 19.7. The first-order valence-electron chi connectivity index (χ1n) is 11.1. The van der Waals surface area contributed by atoms with Crippen molar-refractivity contribution < 1.29 is 14.6 Å². The summed E-state index contributed by atoms with van der Waals surface area (Å²) < 4.78 is 12.6. The summed E-state index contributed by atoms with van der Waals surface area (Å²) in [5.74, 6) is 1.75. The first-order chi connectivity index (χ1) is 13.5. The van der Waals surface area contributed by atoms with Crippen molar-refractivity contribution in [1.29, 1.82) is 0 Å². The van der Waals surface area contributed by atoms with Crippen LogP contribution >= 0.6 is 0 Å². The third-order valence-corrected chi connectivity index (χ3v) is 6.70. The highest BCUT2D eigenvalue weighted by molar-refractivity contribution is 5.50. The lowest BCUT2D eigenvalue weighted by atomic mass is 9.70. The van der Waals surface area contributed by atoms with Gasteiger partial charge < -0.3 is 19.5 Å². The fourth-order valence-corrected chi connectivity index (χ4v) is 5.22. The summed E-state index contributed by atoms with van der Waals surface area (Å²) >= 11 is 0. The van der Waals surface area contributed by atoms with Crippen LogP contribution in [0.15, 0.2) is 30.0 Å². The highest BCUT2D eigenvalue weighted by Gasteiger charge is 2.45. The zero-order valence-corrected chi connectivity index (χ0v) is 17.6. The van der Waals surface area contributed by atoms with Crippen molar-refractivity contribution in [3.05, 3.63) is 35.5 Å². The van der Waals surface area contributed by atoms with Gasteiger partial charge in [-0.25, -0.2) is 0 Å². The van der Waals surface area contributed by atoms with E-state index in [-0.39, 0.29) is 17.6 Å². The Morgan fingerprint density at radius 1 is 1.07 bits per heavy atom. The molecule has 2 fully saturated rings.